The molecular weight excluding hydrogens is 242 g/mol. The summed E-state index contributed by atoms with van der Waals surface area (Å²) in [5, 5.41) is 0. The van der Waals surface area contributed by atoms with Crippen molar-refractivity contribution in [3.05, 3.63) is 39.8 Å². The Bertz CT molecular complexity index is 548. The van der Waals surface area contributed by atoms with Gasteiger partial charge in [-0.05, 0) is 40.5 Å². The molecule has 4 heteroatoms. The molecule has 2 aromatic heterocycles. The Labute approximate surface area is 90.1 Å². The van der Waals surface area contributed by atoms with Crippen LogP contribution in [0.25, 0.3) is 10.4 Å². The highest BCUT2D eigenvalue weighted by molar-refractivity contribution is 9.10. The van der Waals surface area contributed by atoms with Crippen molar-refractivity contribution < 1.29 is 0 Å². The van der Waals surface area contributed by atoms with Gasteiger partial charge < -0.3 is 10.1 Å². The van der Waals surface area contributed by atoms with Crippen molar-refractivity contribution in [2.45, 2.75) is 6.92 Å². The Balaban J connectivity index is 2.92. The van der Waals surface area contributed by atoms with E-state index in [9.17, 15) is 0 Å². The summed E-state index contributed by atoms with van der Waals surface area (Å²) in [6.45, 7) is 8.87. The predicted molar refractivity (Wildman–Crippen MR) is 60.5 cm³/mol. The van der Waals surface area contributed by atoms with E-state index in [-0.39, 0.29) is 0 Å². The van der Waals surface area contributed by atoms with Gasteiger partial charge in [-0.3, -0.25) is 0 Å². The monoisotopic (exact) mass is 249 g/mol. The average molecular weight is 250 g/mol. The van der Waals surface area contributed by atoms with E-state index >= 15 is 0 Å². The van der Waals surface area contributed by atoms with E-state index < -0.39 is 0 Å². The normalized spacial score (nSPS) is 10.4. The Kier molecular flexibility index (Phi) is 1.97. The average Bonchev–Trinajstić information content (AvgIpc) is 2.52. The van der Waals surface area contributed by atoms with Gasteiger partial charge in [0.1, 0.15) is 0 Å². The first-order valence-corrected chi connectivity index (χ1v) is 4.87. The minimum Gasteiger partial charge on any atom is -0.386 e. The maximum atomic E-state index is 7.01. The quantitative estimate of drug-likeness (QED) is 0.716. The van der Waals surface area contributed by atoms with Gasteiger partial charge in [0.25, 0.3) is 0 Å². The van der Waals surface area contributed by atoms with Crippen molar-refractivity contribution in [1.82, 2.24) is 4.40 Å². The fourth-order valence-corrected chi connectivity index (χ4v) is 1.88. The zero-order valence-corrected chi connectivity index (χ0v) is 9.17. The van der Waals surface area contributed by atoms with Crippen LogP contribution in [0.15, 0.2) is 22.8 Å². The molecule has 0 saturated heterocycles. The lowest BCUT2D eigenvalue weighted by Crippen LogP contribution is -1.98. The van der Waals surface area contributed by atoms with Crippen molar-refractivity contribution in [2.24, 2.45) is 0 Å². The summed E-state index contributed by atoms with van der Waals surface area (Å²) >= 11 is 3.38. The van der Waals surface area contributed by atoms with E-state index in [0.29, 0.717) is 11.5 Å². The summed E-state index contributed by atoms with van der Waals surface area (Å²) in [5.74, 6) is 0.624. The molecule has 2 aromatic rings. The third-order valence-electron chi connectivity index (χ3n) is 2.25. The van der Waals surface area contributed by atoms with Gasteiger partial charge in [0.2, 0.25) is 0 Å². The van der Waals surface area contributed by atoms with E-state index in [1.54, 1.807) is 0 Å². The van der Waals surface area contributed by atoms with E-state index in [1.165, 1.54) is 0 Å². The smallest absolute Gasteiger partial charge is 0.195 e. The second-order valence-corrected chi connectivity index (χ2v) is 4.02. The summed E-state index contributed by atoms with van der Waals surface area (Å²) in [6.07, 6.45) is 1.89. The topological polar surface area (TPSA) is 34.8 Å². The predicted octanol–water partition coefficient (Wildman–Crippen LogP) is 3.14. The molecule has 0 fully saturated rings. The Morgan fingerprint density at radius 1 is 1.50 bits per heavy atom. The first kappa shape index (κ1) is 9.10. The summed E-state index contributed by atoms with van der Waals surface area (Å²) in [7, 11) is 0. The van der Waals surface area contributed by atoms with E-state index in [0.717, 1.165) is 15.6 Å². The standard InChI is InChI=1S/C10H8BrN3/c1-6-9(13-2)4-8-3-7(11)5-14(8)10(6)12/h3-5H,12H2,1H3. The summed E-state index contributed by atoms with van der Waals surface area (Å²) in [5.41, 5.74) is 8.28. The minimum absolute atomic E-state index is 0.612. The molecule has 0 atom stereocenters. The lowest BCUT2D eigenvalue weighted by Gasteiger charge is -2.06. The van der Waals surface area contributed by atoms with Crippen molar-refractivity contribution in [2.75, 3.05) is 5.73 Å². The van der Waals surface area contributed by atoms with Gasteiger partial charge in [0, 0.05) is 16.2 Å². The molecule has 2 rings (SSSR count). The van der Waals surface area contributed by atoms with Crippen LogP contribution in [-0.4, -0.2) is 4.40 Å². The minimum atomic E-state index is 0.612. The molecule has 0 saturated carbocycles. The van der Waals surface area contributed by atoms with Gasteiger partial charge >= 0.3 is 0 Å². The van der Waals surface area contributed by atoms with Crippen LogP contribution in [0.5, 0.6) is 0 Å². The van der Waals surface area contributed by atoms with Gasteiger partial charge in [-0.2, -0.15) is 0 Å². The lowest BCUT2D eigenvalue weighted by molar-refractivity contribution is 1.18. The van der Waals surface area contributed by atoms with Crippen LogP contribution in [0.1, 0.15) is 5.56 Å². The van der Waals surface area contributed by atoms with Crippen LogP contribution in [0.4, 0.5) is 11.5 Å². The number of hydrogen-bond acceptors (Lipinski definition) is 1. The van der Waals surface area contributed by atoms with Crippen molar-refractivity contribution in [3.63, 3.8) is 0 Å². The molecule has 0 bridgehead atoms. The number of hydrogen-bond donors (Lipinski definition) is 1. The van der Waals surface area contributed by atoms with Crippen LogP contribution < -0.4 is 5.73 Å². The fourth-order valence-electron chi connectivity index (χ4n) is 1.44. The Morgan fingerprint density at radius 3 is 2.86 bits per heavy atom. The SMILES string of the molecule is [C-]#[N+]c1cc2cc(Br)cn2c(N)c1C. The van der Waals surface area contributed by atoms with Gasteiger partial charge in [-0.15, -0.1) is 0 Å². The van der Waals surface area contributed by atoms with E-state index in [2.05, 4.69) is 20.8 Å². The van der Waals surface area contributed by atoms with E-state index in [1.807, 2.05) is 29.7 Å². The highest BCUT2D eigenvalue weighted by Gasteiger charge is 2.07. The number of rotatable bonds is 0. The number of anilines is 1. The van der Waals surface area contributed by atoms with Crippen LogP contribution in [0.2, 0.25) is 0 Å². The number of pyridine rings is 1. The van der Waals surface area contributed by atoms with Crippen molar-refractivity contribution in [3.8, 4) is 0 Å². The van der Waals surface area contributed by atoms with Crippen LogP contribution in [-0.2, 0) is 0 Å². The number of fused-ring (bicyclic) bond motifs is 1. The van der Waals surface area contributed by atoms with E-state index in [4.69, 9.17) is 12.3 Å². The van der Waals surface area contributed by atoms with Gasteiger partial charge in [0.05, 0.1) is 12.4 Å². The molecular formula is C10H8BrN3. The Hall–Kier alpha value is -1.47. The van der Waals surface area contributed by atoms with Gasteiger partial charge in [-0.1, -0.05) is 0 Å². The molecule has 2 heterocycles. The molecule has 14 heavy (non-hydrogen) atoms. The number of nitrogen functional groups attached to an aromatic ring is 1. The molecule has 2 N–H and O–H groups in total. The van der Waals surface area contributed by atoms with Gasteiger partial charge in [-0.25, -0.2) is 4.85 Å². The number of aromatic nitrogens is 1. The van der Waals surface area contributed by atoms with Gasteiger partial charge in [0.15, 0.2) is 5.69 Å². The van der Waals surface area contributed by atoms with Crippen LogP contribution in [0, 0.1) is 13.5 Å². The number of nitrogens with two attached hydrogens (primary N) is 1. The maximum absolute atomic E-state index is 7.01. The molecule has 70 valence electrons. The second-order valence-electron chi connectivity index (χ2n) is 3.10. The Morgan fingerprint density at radius 2 is 2.21 bits per heavy atom. The molecule has 0 spiro atoms. The first-order valence-electron chi connectivity index (χ1n) is 4.07. The van der Waals surface area contributed by atoms with Crippen LogP contribution in [0.3, 0.4) is 0 Å². The first-order chi connectivity index (χ1) is 6.63. The maximum Gasteiger partial charge on any atom is 0.195 e. The largest absolute Gasteiger partial charge is 0.386 e. The third-order valence-corrected chi connectivity index (χ3v) is 2.68. The number of nitrogens with zero attached hydrogens (tertiary/aromatic N) is 2. The van der Waals surface area contributed by atoms with Crippen molar-refractivity contribution >= 4 is 33.0 Å². The molecule has 3 nitrogen and oxygen atoms in total. The molecule has 0 aliphatic carbocycles. The molecule has 0 amide bonds. The summed E-state index contributed by atoms with van der Waals surface area (Å²) < 4.78 is 2.83. The molecule has 0 aliphatic rings. The number of halogens is 1. The van der Waals surface area contributed by atoms with Crippen LogP contribution >= 0.6 is 15.9 Å². The zero-order chi connectivity index (χ0) is 10.3. The third kappa shape index (κ3) is 1.17. The molecule has 0 aliphatic heterocycles. The second kappa shape index (κ2) is 3.03. The highest BCUT2D eigenvalue weighted by atomic mass is 79.9. The molecule has 0 radical (unpaired) electrons. The summed E-state index contributed by atoms with van der Waals surface area (Å²) in [4.78, 5) is 3.43. The fraction of sp³-hybridized carbons (Fsp3) is 0.100. The lowest BCUT2D eigenvalue weighted by atomic mass is 10.2. The van der Waals surface area contributed by atoms with Crippen molar-refractivity contribution in [1.29, 1.82) is 0 Å². The zero-order valence-electron chi connectivity index (χ0n) is 7.58. The summed E-state index contributed by atoms with van der Waals surface area (Å²) in [6, 6.07) is 3.77. The molecule has 0 aromatic carbocycles. The highest BCUT2D eigenvalue weighted by Crippen LogP contribution is 2.29. The molecule has 0 unspecified atom stereocenters.